The van der Waals surface area contributed by atoms with Gasteiger partial charge in [0.25, 0.3) is 0 Å². The molecule has 0 aliphatic carbocycles. The molecule has 1 nitrogen and oxygen atoms in total. The third-order valence-electron chi connectivity index (χ3n) is 1.01. The number of unbranched alkanes of at least 4 members (excludes halogenated alkanes) is 2. The standard InChI is InChI=1S/C7H14O/c1-2-3-4-5-6-7-8/h2-3,8H,4-7H2,1H3/b3-2-. The number of aliphatic hydroxyl groups is 1. The number of rotatable bonds is 4. The summed E-state index contributed by atoms with van der Waals surface area (Å²) >= 11 is 0. The average molecular weight is 114 g/mol. The van der Waals surface area contributed by atoms with Gasteiger partial charge in [-0.1, -0.05) is 12.2 Å². The summed E-state index contributed by atoms with van der Waals surface area (Å²) in [6, 6.07) is 0. The van der Waals surface area contributed by atoms with Gasteiger partial charge >= 0.3 is 0 Å². The maximum Gasteiger partial charge on any atom is 0.0431 e. The predicted molar refractivity (Wildman–Crippen MR) is 35.8 cm³/mol. The Hall–Kier alpha value is -0.300. The molecule has 0 aliphatic rings. The Labute approximate surface area is 51.0 Å². The van der Waals surface area contributed by atoms with E-state index in [1.165, 1.54) is 0 Å². The van der Waals surface area contributed by atoms with Crippen molar-refractivity contribution < 1.29 is 5.11 Å². The molecular weight excluding hydrogens is 100 g/mol. The van der Waals surface area contributed by atoms with Gasteiger partial charge in [-0.2, -0.15) is 0 Å². The maximum atomic E-state index is 8.34. The van der Waals surface area contributed by atoms with E-state index in [1.54, 1.807) is 0 Å². The van der Waals surface area contributed by atoms with Crippen LogP contribution in [0.15, 0.2) is 12.2 Å². The van der Waals surface area contributed by atoms with E-state index in [2.05, 4.69) is 6.08 Å². The van der Waals surface area contributed by atoms with E-state index in [0.29, 0.717) is 6.61 Å². The Morgan fingerprint density at radius 2 is 2.12 bits per heavy atom. The van der Waals surface area contributed by atoms with Crippen LogP contribution in [-0.2, 0) is 0 Å². The molecule has 8 heavy (non-hydrogen) atoms. The van der Waals surface area contributed by atoms with Gasteiger partial charge in [0.05, 0.1) is 0 Å². The molecule has 0 saturated carbocycles. The minimum absolute atomic E-state index is 0.331. The van der Waals surface area contributed by atoms with Gasteiger partial charge in [-0.25, -0.2) is 0 Å². The van der Waals surface area contributed by atoms with Crippen LogP contribution in [0.25, 0.3) is 0 Å². The second-order valence-electron chi connectivity index (χ2n) is 1.79. The van der Waals surface area contributed by atoms with Gasteiger partial charge < -0.3 is 5.11 Å². The largest absolute Gasteiger partial charge is 0.396 e. The number of hydrogen-bond acceptors (Lipinski definition) is 1. The van der Waals surface area contributed by atoms with Crippen molar-refractivity contribution in [3.63, 3.8) is 0 Å². The van der Waals surface area contributed by atoms with E-state index in [9.17, 15) is 0 Å². The Kier molecular flexibility index (Phi) is 6.45. The first-order valence-corrected chi connectivity index (χ1v) is 3.14. The molecule has 0 aromatic heterocycles. The summed E-state index contributed by atoms with van der Waals surface area (Å²) < 4.78 is 0. The van der Waals surface area contributed by atoms with Crippen LogP contribution in [0.1, 0.15) is 26.2 Å². The molecule has 1 heteroatoms. The fraction of sp³-hybridized carbons (Fsp3) is 0.714. The topological polar surface area (TPSA) is 20.2 Å². The molecule has 1 N–H and O–H groups in total. The van der Waals surface area contributed by atoms with Gasteiger partial charge in [-0.3, -0.25) is 0 Å². The van der Waals surface area contributed by atoms with Crippen molar-refractivity contribution in [3.8, 4) is 0 Å². The zero-order valence-corrected chi connectivity index (χ0v) is 5.43. The normalized spacial score (nSPS) is 10.8. The van der Waals surface area contributed by atoms with Crippen LogP contribution in [0, 0.1) is 0 Å². The molecule has 0 atom stereocenters. The lowest BCUT2D eigenvalue weighted by molar-refractivity contribution is 0.285. The van der Waals surface area contributed by atoms with E-state index in [-0.39, 0.29) is 0 Å². The Balaban J connectivity index is 2.72. The van der Waals surface area contributed by atoms with E-state index < -0.39 is 0 Å². The highest BCUT2D eigenvalue weighted by Gasteiger charge is 1.79. The number of aliphatic hydroxyl groups excluding tert-OH is 1. The first kappa shape index (κ1) is 7.70. The van der Waals surface area contributed by atoms with Crippen LogP contribution in [0.4, 0.5) is 0 Å². The van der Waals surface area contributed by atoms with Crippen molar-refractivity contribution in [1.29, 1.82) is 0 Å². The van der Waals surface area contributed by atoms with Crippen LogP contribution in [0.5, 0.6) is 0 Å². The number of hydrogen-bond donors (Lipinski definition) is 1. The molecule has 0 aromatic rings. The van der Waals surface area contributed by atoms with E-state index >= 15 is 0 Å². The summed E-state index contributed by atoms with van der Waals surface area (Å²) in [6.07, 6.45) is 7.31. The second-order valence-corrected chi connectivity index (χ2v) is 1.79. The van der Waals surface area contributed by atoms with E-state index in [0.717, 1.165) is 19.3 Å². The van der Waals surface area contributed by atoms with Crippen molar-refractivity contribution in [1.82, 2.24) is 0 Å². The van der Waals surface area contributed by atoms with Crippen LogP contribution in [0.2, 0.25) is 0 Å². The zero-order valence-electron chi connectivity index (χ0n) is 5.43. The monoisotopic (exact) mass is 114 g/mol. The highest BCUT2D eigenvalue weighted by Crippen LogP contribution is 1.93. The van der Waals surface area contributed by atoms with Crippen molar-refractivity contribution >= 4 is 0 Å². The van der Waals surface area contributed by atoms with Gasteiger partial charge in [0.15, 0.2) is 0 Å². The quantitative estimate of drug-likeness (QED) is 0.436. The van der Waals surface area contributed by atoms with Gasteiger partial charge in [-0.05, 0) is 26.2 Å². The predicted octanol–water partition coefficient (Wildman–Crippen LogP) is 1.73. The highest BCUT2D eigenvalue weighted by molar-refractivity contribution is 4.75. The lowest BCUT2D eigenvalue weighted by Crippen LogP contribution is -1.79. The highest BCUT2D eigenvalue weighted by atomic mass is 16.2. The van der Waals surface area contributed by atoms with Crippen molar-refractivity contribution in [2.24, 2.45) is 0 Å². The second kappa shape index (κ2) is 6.70. The van der Waals surface area contributed by atoms with Gasteiger partial charge in [0.1, 0.15) is 0 Å². The minimum Gasteiger partial charge on any atom is -0.396 e. The zero-order chi connectivity index (χ0) is 6.24. The van der Waals surface area contributed by atoms with Gasteiger partial charge in [0.2, 0.25) is 0 Å². The summed E-state index contributed by atoms with van der Waals surface area (Å²) in [6.45, 7) is 2.34. The molecule has 0 unspecified atom stereocenters. The first-order valence-electron chi connectivity index (χ1n) is 3.14. The van der Waals surface area contributed by atoms with E-state index in [4.69, 9.17) is 5.11 Å². The minimum atomic E-state index is 0.331. The molecule has 48 valence electrons. The molecule has 0 rings (SSSR count). The van der Waals surface area contributed by atoms with Crippen LogP contribution in [0.3, 0.4) is 0 Å². The summed E-state index contributed by atoms with van der Waals surface area (Å²) in [4.78, 5) is 0. The fourth-order valence-electron chi connectivity index (χ4n) is 0.541. The molecule has 0 bridgehead atoms. The lowest BCUT2D eigenvalue weighted by Gasteiger charge is -1.88. The van der Waals surface area contributed by atoms with Crippen LogP contribution >= 0.6 is 0 Å². The van der Waals surface area contributed by atoms with E-state index in [1.807, 2.05) is 13.0 Å². The molecule has 0 aromatic carbocycles. The Morgan fingerprint density at radius 3 is 2.62 bits per heavy atom. The average Bonchev–Trinajstić information content (AvgIpc) is 1.81. The molecule has 0 aliphatic heterocycles. The summed E-state index contributed by atoms with van der Waals surface area (Å²) in [5.74, 6) is 0. The fourth-order valence-corrected chi connectivity index (χ4v) is 0.541. The van der Waals surface area contributed by atoms with Crippen LogP contribution in [-0.4, -0.2) is 11.7 Å². The summed E-state index contributed by atoms with van der Waals surface area (Å²) in [5.41, 5.74) is 0. The number of allylic oxidation sites excluding steroid dienone is 2. The SMILES string of the molecule is C/C=C\CCCCO. The molecule has 0 heterocycles. The Bertz CT molecular complexity index is 57.4. The third-order valence-corrected chi connectivity index (χ3v) is 1.01. The van der Waals surface area contributed by atoms with Gasteiger partial charge in [-0.15, -0.1) is 0 Å². The first-order chi connectivity index (χ1) is 3.91. The molecule has 0 spiro atoms. The van der Waals surface area contributed by atoms with Crippen molar-refractivity contribution in [3.05, 3.63) is 12.2 Å². The van der Waals surface area contributed by atoms with Gasteiger partial charge in [0, 0.05) is 6.61 Å². The molecule has 0 amide bonds. The molecular formula is C7H14O. The summed E-state index contributed by atoms with van der Waals surface area (Å²) in [5, 5.41) is 8.34. The van der Waals surface area contributed by atoms with Crippen LogP contribution < -0.4 is 0 Å². The third kappa shape index (κ3) is 5.70. The van der Waals surface area contributed by atoms with Crippen molar-refractivity contribution in [2.75, 3.05) is 6.61 Å². The van der Waals surface area contributed by atoms with Crippen molar-refractivity contribution in [2.45, 2.75) is 26.2 Å². The smallest absolute Gasteiger partial charge is 0.0431 e. The summed E-state index contributed by atoms with van der Waals surface area (Å²) in [7, 11) is 0. The maximum absolute atomic E-state index is 8.34. The lowest BCUT2D eigenvalue weighted by atomic mass is 10.2. The molecule has 0 radical (unpaired) electrons. The molecule has 0 fully saturated rings. The molecule has 0 saturated heterocycles. The Morgan fingerprint density at radius 1 is 1.38 bits per heavy atom.